The fourth-order valence-corrected chi connectivity index (χ4v) is 9.26. The second-order valence-electron chi connectivity index (χ2n) is 18.2. The fourth-order valence-electron chi connectivity index (χ4n) is 9.26. The third kappa shape index (κ3) is 12.5. The molecular formula is C40H68N2O30. The summed E-state index contributed by atoms with van der Waals surface area (Å²) in [5.74, 6) is -1.68. The molecule has 0 spiro atoms. The SMILES string of the molecule is CC(=O)N[C@H]1[C@H](O[C@H]2[C@@H](O)[C@@H](CO)O[C@@H](O[C@@H]3[C@@H](NC(C)=O)[C@H](O[C@H]4[C@@H](O)[C@@H](CO)O[C@@H](O[C@H]5[C@H](O)[C@@H](O)[C@H](O)O[C@@H]5CO)[C@@H]4O)O[C@H](CO)[C@H]3O[C@@H]3O[C@@H](C)[C@@H](O)[C@@H](O)[C@@H]3O)[C@@H]2O)O[C@H](CO)[C@@H](O)[C@@H]1O. The molecule has 6 rings (SSSR count). The number of ether oxygens (including phenoxy) is 11. The largest absolute Gasteiger partial charge is 0.394 e. The zero-order chi connectivity index (χ0) is 53.2. The molecule has 0 aromatic carbocycles. The van der Waals surface area contributed by atoms with Crippen LogP contribution < -0.4 is 10.6 Å². The number of hydrogen-bond acceptors (Lipinski definition) is 30. The highest BCUT2D eigenvalue weighted by Gasteiger charge is 2.59. The Morgan fingerprint density at radius 2 is 0.750 bits per heavy atom. The second-order valence-corrected chi connectivity index (χ2v) is 18.2. The van der Waals surface area contributed by atoms with Crippen LogP contribution in [0.15, 0.2) is 0 Å². The van der Waals surface area contributed by atoms with Crippen LogP contribution in [0.3, 0.4) is 0 Å². The van der Waals surface area contributed by atoms with Crippen LogP contribution >= 0.6 is 0 Å². The third-order valence-electron chi connectivity index (χ3n) is 13.2. The first-order chi connectivity index (χ1) is 34.0. The Hall–Kier alpha value is -2.18. The molecule has 30 atom stereocenters. The summed E-state index contributed by atoms with van der Waals surface area (Å²) in [6.45, 7) is -1.65. The van der Waals surface area contributed by atoms with Crippen LogP contribution in [0.4, 0.5) is 0 Å². The highest BCUT2D eigenvalue weighted by Crippen LogP contribution is 2.38. The number of carbonyl (C=O) groups is 2. The zero-order valence-corrected chi connectivity index (χ0v) is 38.8. The molecule has 0 radical (unpaired) electrons. The lowest BCUT2D eigenvalue weighted by atomic mass is 9.93. The lowest BCUT2D eigenvalue weighted by Gasteiger charge is -2.52. The molecule has 6 heterocycles. The summed E-state index contributed by atoms with van der Waals surface area (Å²) in [6, 6.07) is -3.51. The number of rotatable bonds is 17. The number of carbonyl (C=O) groups excluding carboxylic acids is 2. The van der Waals surface area contributed by atoms with Gasteiger partial charge in [-0.15, -0.1) is 0 Å². The Morgan fingerprint density at radius 1 is 0.361 bits per heavy atom. The van der Waals surface area contributed by atoms with Gasteiger partial charge in [-0.3, -0.25) is 9.59 Å². The van der Waals surface area contributed by atoms with Gasteiger partial charge in [-0.25, -0.2) is 0 Å². The Morgan fingerprint density at radius 3 is 1.25 bits per heavy atom. The maximum Gasteiger partial charge on any atom is 0.217 e. The predicted molar refractivity (Wildman–Crippen MR) is 221 cm³/mol. The average Bonchev–Trinajstić information content (AvgIpc) is 3.34. The van der Waals surface area contributed by atoms with E-state index in [1.807, 2.05) is 0 Å². The van der Waals surface area contributed by atoms with Crippen LogP contribution in [0.5, 0.6) is 0 Å². The van der Waals surface area contributed by atoms with E-state index < -0.39 is 229 Å². The van der Waals surface area contributed by atoms with Crippen molar-refractivity contribution in [1.29, 1.82) is 0 Å². The molecule has 0 saturated carbocycles. The number of aliphatic hydroxyl groups is 17. The molecule has 0 unspecified atom stereocenters. The molecule has 72 heavy (non-hydrogen) atoms. The fraction of sp³-hybridized carbons (Fsp3) is 0.950. The van der Waals surface area contributed by atoms with Gasteiger partial charge in [0.25, 0.3) is 0 Å². The van der Waals surface area contributed by atoms with Gasteiger partial charge in [0.15, 0.2) is 37.7 Å². The highest BCUT2D eigenvalue weighted by molar-refractivity contribution is 5.73. The van der Waals surface area contributed by atoms with Crippen LogP contribution in [-0.4, -0.2) is 316 Å². The first-order valence-electron chi connectivity index (χ1n) is 23.0. The normalized spacial score (nSPS) is 50.3. The van der Waals surface area contributed by atoms with E-state index in [1.165, 1.54) is 6.92 Å². The van der Waals surface area contributed by atoms with E-state index in [0.717, 1.165) is 13.8 Å². The standard InChI is InChI=1S/C40H68N2O30/c1-9-19(50)24(55)27(58)38(62-9)69-31-16(8-47)67-37(72-34-22(53)13(5-44)65-39(28(34)59)68-30-15(7-46)63-35(61)26(57)25(30)56)18(42-11(3)49)32(31)70-40-29(60)33(21(52)14(6-45)66-40)71-36-17(41-10(2)48)23(54)20(51)12(4-43)64-36/h9,12-40,43-47,50-61H,4-8H2,1-3H3,(H,41,48)(H,42,49)/t9-,12+,13+,14+,15+,16+,17+,18+,19+,20+,21-,22-,23+,24+,25+,26+,27-,28+,29+,30+,31+,32+,33-,34-,35+,36-,37-,38-,39-,40-/m0/s1. The van der Waals surface area contributed by atoms with Crippen molar-refractivity contribution in [2.45, 2.75) is 205 Å². The first kappa shape index (κ1) is 59.1. The molecule has 6 saturated heterocycles. The van der Waals surface area contributed by atoms with Gasteiger partial charge in [0.1, 0.15) is 140 Å². The van der Waals surface area contributed by atoms with E-state index in [2.05, 4.69) is 10.6 Å². The second kappa shape index (κ2) is 25.3. The molecular weight excluding hydrogens is 988 g/mol. The summed E-state index contributed by atoms with van der Waals surface area (Å²) in [5, 5.41) is 187. The summed E-state index contributed by atoms with van der Waals surface area (Å²) in [5.41, 5.74) is 0. The van der Waals surface area contributed by atoms with Crippen molar-refractivity contribution < 1.29 is 149 Å². The Bertz CT molecular complexity index is 1730. The summed E-state index contributed by atoms with van der Waals surface area (Å²) >= 11 is 0. The quantitative estimate of drug-likeness (QED) is 0.0643. The number of amides is 2. The maximum absolute atomic E-state index is 13.1. The smallest absolute Gasteiger partial charge is 0.217 e. The molecule has 0 bridgehead atoms. The predicted octanol–water partition coefficient (Wildman–Crippen LogP) is -12.8. The molecule has 2 amide bonds. The van der Waals surface area contributed by atoms with Crippen molar-refractivity contribution in [3.05, 3.63) is 0 Å². The molecule has 0 aromatic heterocycles. The maximum atomic E-state index is 13.1. The number of aliphatic hydroxyl groups excluding tert-OH is 17. The minimum absolute atomic E-state index is 0.772. The van der Waals surface area contributed by atoms with Gasteiger partial charge in [0, 0.05) is 13.8 Å². The molecule has 19 N–H and O–H groups in total. The topological polar surface area (TPSA) is 504 Å². The molecule has 0 aliphatic carbocycles. The molecule has 6 aliphatic heterocycles. The van der Waals surface area contributed by atoms with Crippen molar-refractivity contribution in [1.82, 2.24) is 10.6 Å². The summed E-state index contributed by atoms with van der Waals surface area (Å²) in [4.78, 5) is 25.3. The van der Waals surface area contributed by atoms with E-state index in [1.54, 1.807) is 0 Å². The Balaban J connectivity index is 1.37. The number of hydrogen-bond donors (Lipinski definition) is 19. The lowest BCUT2D eigenvalue weighted by molar-refractivity contribution is -0.395. The summed E-state index contributed by atoms with van der Waals surface area (Å²) in [7, 11) is 0. The highest BCUT2D eigenvalue weighted by atomic mass is 16.8. The molecule has 6 fully saturated rings. The van der Waals surface area contributed by atoms with Crippen LogP contribution in [-0.2, 0) is 61.7 Å². The van der Waals surface area contributed by atoms with Gasteiger partial charge in [-0.2, -0.15) is 0 Å². The molecule has 418 valence electrons. The van der Waals surface area contributed by atoms with E-state index in [4.69, 9.17) is 52.1 Å². The van der Waals surface area contributed by atoms with Gasteiger partial charge >= 0.3 is 0 Å². The minimum Gasteiger partial charge on any atom is -0.394 e. The summed E-state index contributed by atoms with van der Waals surface area (Å²) < 4.78 is 63.9. The van der Waals surface area contributed by atoms with E-state index in [0.29, 0.717) is 0 Å². The molecule has 32 nitrogen and oxygen atoms in total. The molecule has 0 aromatic rings. The van der Waals surface area contributed by atoms with Crippen LogP contribution in [0.1, 0.15) is 20.8 Å². The average molecular weight is 1060 g/mol. The lowest BCUT2D eigenvalue weighted by Crippen LogP contribution is -2.71. The van der Waals surface area contributed by atoms with Crippen LogP contribution in [0.25, 0.3) is 0 Å². The van der Waals surface area contributed by atoms with E-state index in [9.17, 15) is 96.4 Å². The van der Waals surface area contributed by atoms with Gasteiger partial charge in [0.2, 0.25) is 11.8 Å². The van der Waals surface area contributed by atoms with E-state index >= 15 is 0 Å². The van der Waals surface area contributed by atoms with Gasteiger partial charge in [-0.1, -0.05) is 0 Å². The summed E-state index contributed by atoms with van der Waals surface area (Å²) in [6.07, 6.45) is -53.2. The molecule has 6 aliphatic rings. The zero-order valence-electron chi connectivity index (χ0n) is 38.8. The van der Waals surface area contributed by atoms with Crippen molar-refractivity contribution >= 4 is 11.8 Å². The van der Waals surface area contributed by atoms with Crippen LogP contribution in [0.2, 0.25) is 0 Å². The Kier molecular flexibility index (Phi) is 20.8. The van der Waals surface area contributed by atoms with Crippen LogP contribution in [0, 0.1) is 0 Å². The van der Waals surface area contributed by atoms with Gasteiger partial charge in [0.05, 0.1) is 39.1 Å². The third-order valence-corrected chi connectivity index (χ3v) is 13.2. The van der Waals surface area contributed by atoms with E-state index in [-0.39, 0.29) is 0 Å². The van der Waals surface area contributed by atoms with Crippen molar-refractivity contribution in [2.24, 2.45) is 0 Å². The Labute approximate surface area is 408 Å². The van der Waals surface area contributed by atoms with Crippen molar-refractivity contribution in [3.63, 3.8) is 0 Å². The van der Waals surface area contributed by atoms with Crippen molar-refractivity contribution in [2.75, 3.05) is 33.0 Å². The van der Waals surface area contributed by atoms with Gasteiger partial charge in [-0.05, 0) is 6.92 Å². The minimum atomic E-state index is -2.26. The van der Waals surface area contributed by atoms with Crippen molar-refractivity contribution in [3.8, 4) is 0 Å². The number of nitrogens with one attached hydrogen (secondary N) is 2. The monoisotopic (exact) mass is 1060 g/mol. The molecule has 32 heteroatoms. The van der Waals surface area contributed by atoms with Gasteiger partial charge < -0.3 is 150 Å². The first-order valence-corrected chi connectivity index (χ1v) is 23.0.